The quantitative estimate of drug-likeness (QED) is 0.0818. The van der Waals surface area contributed by atoms with Gasteiger partial charge < -0.3 is 23.7 Å². The Balaban J connectivity index is 1.34. The molecule has 0 amide bonds. The molecule has 0 radical (unpaired) electrons. The lowest BCUT2D eigenvalue weighted by molar-refractivity contribution is -0.00836. The Morgan fingerprint density at radius 2 is 0.818 bits per heavy atom. The summed E-state index contributed by atoms with van der Waals surface area (Å²) in [5.41, 5.74) is -2.55. The molecule has 5 aromatic rings. The fourth-order valence-electron chi connectivity index (χ4n) is 5.42. The zero-order chi connectivity index (χ0) is 38.7. The fraction of sp³-hybridized carbons (Fsp3) is 0.225. The van der Waals surface area contributed by atoms with Crippen molar-refractivity contribution in [1.29, 1.82) is 0 Å². The zero-order valence-corrected chi connectivity index (χ0v) is 29.3. The molecule has 2 heterocycles. The van der Waals surface area contributed by atoms with E-state index in [1.807, 2.05) is 0 Å². The van der Waals surface area contributed by atoms with Crippen LogP contribution in [0, 0.1) is 0 Å². The van der Waals surface area contributed by atoms with E-state index in [1.54, 1.807) is 72.8 Å². The van der Waals surface area contributed by atoms with E-state index in [1.165, 1.54) is 48.5 Å². The number of hydrogen-bond acceptors (Lipinski definition) is 12. The van der Waals surface area contributed by atoms with Crippen LogP contribution in [0.25, 0.3) is 0 Å². The predicted octanol–water partition coefficient (Wildman–Crippen LogP) is 2.74. The maximum absolute atomic E-state index is 14.2. The van der Waals surface area contributed by atoms with Gasteiger partial charge in [-0.05, 0) is 48.5 Å². The highest BCUT2D eigenvalue weighted by Gasteiger charge is 2.30. The average molecular weight is 750 g/mol. The van der Waals surface area contributed by atoms with E-state index in [0.717, 1.165) is 4.57 Å². The first kappa shape index (κ1) is 37.9. The van der Waals surface area contributed by atoms with Crippen LogP contribution in [-0.4, -0.2) is 75.7 Å². The number of hydrogen-bond donors (Lipinski definition) is 0. The number of benzene rings is 4. The van der Waals surface area contributed by atoms with E-state index in [4.69, 9.17) is 23.7 Å². The summed E-state index contributed by atoms with van der Waals surface area (Å²) < 4.78 is 29.6. The molecular formula is C40H35N3O12. The first-order chi connectivity index (χ1) is 26.7. The van der Waals surface area contributed by atoms with Crippen LogP contribution in [-0.2, 0) is 43.3 Å². The Labute approximate surface area is 312 Å². The highest BCUT2D eigenvalue weighted by molar-refractivity contribution is 5.91. The number of aromatic nitrogens is 3. The summed E-state index contributed by atoms with van der Waals surface area (Å²) in [7, 11) is 0. The highest BCUT2D eigenvalue weighted by Crippen LogP contribution is 2.12. The molecule has 1 aromatic heterocycles. The van der Waals surface area contributed by atoms with Gasteiger partial charge in [-0.15, -0.1) is 0 Å². The van der Waals surface area contributed by atoms with Crippen LogP contribution in [0.5, 0.6) is 0 Å². The van der Waals surface area contributed by atoms with Crippen LogP contribution in [0.1, 0.15) is 41.4 Å². The Kier molecular flexibility index (Phi) is 12.2. The lowest BCUT2D eigenvalue weighted by Gasteiger charge is -2.22. The van der Waals surface area contributed by atoms with E-state index in [0.29, 0.717) is 9.13 Å². The lowest BCUT2D eigenvalue weighted by Crippen LogP contribution is -2.57. The van der Waals surface area contributed by atoms with Crippen molar-refractivity contribution in [3.05, 3.63) is 175 Å². The van der Waals surface area contributed by atoms with Gasteiger partial charge in [0.05, 0.1) is 54.6 Å². The van der Waals surface area contributed by atoms with E-state index < -0.39 is 85.6 Å². The van der Waals surface area contributed by atoms with Crippen molar-refractivity contribution in [2.45, 2.75) is 37.9 Å². The molecule has 1 aliphatic rings. The van der Waals surface area contributed by atoms with Gasteiger partial charge in [-0.2, -0.15) is 0 Å². The number of epoxide rings is 1. The van der Waals surface area contributed by atoms with Crippen molar-refractivity contribution in [1.82, 2.24) is 13.7 Å². The van der Waals surface area contributed by atoms with Gasteiger partial charge in [-0.3, -0.25) is 0 Å². The molecule has 3 unspecified atom stereocenters. The monoisotopic (exact) mass is 749 g/mol. The molecule has 55 heavy (non-hydrogen) atoms. The van der Waals surface area contributed by atoms with Crippen molar-refractivity contribution < 1.29 is 42.9 Å². The van der Waals surface area contributed by atoms with Crippen molar-refractivity contribution in [3.8, 4) is 0 Å². The normalized spacial score (nSPS) is 14.2. The van der Waals surface area contributed by atoms with Crippen molar-refractivity contribution in [3.63, 3.8) is 0 Å². The van der Waals surface area contributed by atoms with Gasteiger partial charge in [-0.1, -0.05) is 72.8 Å². The summed E-state index contributed by atoms with van der Waals surface area (Å²) in [4.78, 5) is 93.9. The van der Waals surface area contributed by atoms with Gasteiger partial charge in [-0.25, -0.2) is 47.3 Å². The minimum absolute atomic E-state index is 0.149. The Morgan fingerprint density at radius 3 is 1.15 bits per heavy atom. The molecule has 0 bridgehead atoms. The molecular weight excluding hydrogens is 714 g/mol. The van der Waals surface area contributed by atoms with Gasteiger partial charge in [0.2, 0.25) is 0 Å². The predicted molar refractivity (Wildman–Crippen MR) is 194 cm³/mol. The standard InChI is InChI=1S/C40H35N3O12/c44-34(27-13-5-1-6-14-27)52-25-32(54-36(46)29-17-9-3-10-18-29)22-42-38(48)41(21-31-24-51-31)39(49)43(40(42)50)23-33(55-37(47)30-19-11-4-12-20-30)26-53-35(45)28-15-7-2-8-16-28/h1-20,31-33H,21-26H2. The molecule has 1 saturated heterocycles. The SMILES string of the molecule is O=C(OCC(Cn1c(=O)n(CC2CO2)c(=O)n(CC(COC(=O)c2ccccc2)OC(=O)c2ccccc2)c1=O)OC(=O)c1ccccc1)c1ccccc1. The first-order valence-corrected chi connectivity index (χ1v) is 17.2. The molecule has 0 N–H and O–H groups in total. The summed E-state index contributed by atoms with van der Waals surface area (Å²) in [6, 6.07) is 31.8. The molecule has 282 valence electrons. The number of carbonyl (C=O) groups excluding carboxylic acids is 4. The van der Waals surface area contributed by atoms with Crippen LogP contribution in [0.15, 0.2) is 136 Å². The van der Waals surface area contributed by atoms with Gasteiger partial charge >= 0.3 is 40.9 Å². The van der Waals surface area contributed by atoms with Crippen LogP contribution in [0.3, 0.4) is 0 Å². The van der Waals surface area contributed by atoms with Crippen LogP contribution in [0.4, 0.5) is 0 Å². The second-order valence-corrected chi connectivity index (χ2v) is 12.4. The second kappa shape index (κ2) is 17.8. The zero-order valence-electron chi connectivity index (χ0n) is 29.3. The molecule has 15 heteroatoms. The molecule has 0 saturated carbocycles. The van der Waals surface area contributed by atoms with Crippen LogP contribution >= 0.6 is 0 Å². The Hall–Kier alpha value is -6.87. The summed E-state index contributed by atoms with van der Waals surface area (Å²) in [5.74, 6) is -3.17. The summed E-state index contributed by atoms with van der Waals surface area (Å²) in [6.45, 7) is -2.42. The van der Waals surface area contributed by atoms with E-state index in [9.17, 15) is 33.6 Å². The topological polar surface area (TPSA) is 184 Å². The third-order valence-electron chi connectivity index (χ3n) is 8.33. The van der Waals surface area contributed by atoms with Gasteiger partial charge in [0.1, 0.15) is 13.2 Å². The molecule has 0 spiro atoms. The lowest BCUT2D eigenvalue weighted by atomic mass is 10.2. The number of carbonyl (C=O) groups is 4. The average Bonchev–Trinajstić information content (AvgIpc) is 4.06. The molecule has 4 aromatic carbocycles. The van der Waals surface area contributed by atoms with E-state index >= 15 is 0 Å². The van der Waals surface area contributed by atoms with Gasteiger partial charge in [0.25, 0.3) is 0 Å². The first-order valence-electron chi connectivity index (χ1n) is 17.2. The summed E-state index contributed by atoms with van der Waals surface area (Å²) in [5, 5.41) is 0. The Bertz CT molecular complexity index is 2150. The molecule has 3 atom stereocenters. The Morgan fingerprint density at radius 1 is 0.509 bits per heavy atom. The van der Waals surface area contributed by atoms with Crippen LogP contribution in [0.2, 0.25) is 0 Å². The fourth-order valence-corrected chi connectivity index (χ4v) is 5.42. The molecule has 0 aliphatic carbocycles. The van der Waals surface area contributed by atoms with Crippen molar-refractivity contribution in [2.24, 2.45) is 0 Å². The number of rotatable bonds is 16. The molecule has 1 fully saturated rings. The summed E-state index contributed by atoms with van der Waals surface area (Å²) in [6.07, 6.45) is -3.30. The largest absolute Gasteiger partial charge is 0.458 e. The maximum atomic E-state index is 14.2. The van der Waals surface area contributed by atoms with E-state index in [2.05, 4.69) is 0 Å². The van der Waals surface area contributed by atoms with Gasteiger partial charge in [0.15, 0.2) is 12.2 Å². The molecule has 1 aliphatic heterocycles. The third kappa shape index (κ3) is 9.97. The smallest absolute Gasteiger partial charge is 0.338 e. The number of esters is 4. The number of ether oxygens (including phenoxy) is 5. The minimum atomic E-state index is -1.40. The molecule has 15 nitrogen and oxygen atoms in total. The van der Waals surface area contributed by atoms with Crippen molar-refractivity contribution in [2.75, 3.05) is 19.8 Å². The second-order valence-electron chi connectivity index (χ2n) is 12.4. The van der Waals surface area contributed by atoms with Gasteiger partial charge in [0, 0.05) is 0 Å². The summed E-state index contributed by atoms with van der Waals surface area (Å²) >= 11 is 0. The third-order valence-corrected chi connectivity index (χ3v) is 8.33. The van der Waals surface area contributed by atoms with E-state index in [-0.39, 0.29) is 35.4 Å². The highest BCUT2D eigenvalue weighted by atomic mass is 16.6. The van der Waals surface area contributed by atoms with Crippen LogP contribution < -0.4 is 17.1 Å². The minimum Gasteiger partial charge on any atom is -0.458 e. The molecule has 6 rings (SSSR count). The number of nitrogens with zero attached hydrogens (tertiary/aromatic N) is 3. The maximum Gasteiger partial charge on any atom is 0.338 e. The van der Waals surface area contributed by atoms with Crippen molar-refractivity contribution >= 4 is 23.9 Å².